The van der Waals surface area contributed by atoms with E-state index >= 15 is 0 Å². The predicted octanol–water partition coefficient (Wildman–Crippen LogP) is 2.70. The summed E-state index contributed by atoms with van der Waals surface area (Å²) in [7, 11) is -3.57. The van der Waals surface area contributed by atoms with Crippen LogP contribution in [0.2, 0.25) is 0 Å². The van der Waals surface area contributed by atoms with E-state index in [0.717, 1.165) is 19.3 Å². The van der Waals surface area contributed by atoms with Gasteiger partial charge in [-0.05, 0) is 69.6 Å². The molecule has 3 aliphatic rings. The van der Waals surface area contributed by atoms with Crippen LogP contribution in [0.1, 0.15) is 107 Å². The van der Waals surface area contributed by atoms with Gasteiger partial charge in [0.2, 0.25) is 17.6 Å². The Bertz CT molecular complexity index is 1410. The molecule has 5 amide bonds. The Morgan fingerprint density at radius 3 is 2.10 bits per heavy atom. The summed E-state index contributed by atoms with van der Waals surface area (Å²) in [5.41, 5.74) is -1.98. The first-order valence-corrected chi connectivity index (χ1v) is 18.9. The molecule has 4 N–H and O–H groups in total. The van der Waals surface area contributed by atoms with Gasteiger partial charge in [-0.2, -0.15) is 0 Å². The average molecular weight is 692 g/mol. The lowest BCUT2D eigenvalue weighted by molar-refractivity contribution is -0.145. The highest BCUT2D eigenvalue weighted by molar-refractivity contribution is 7.92. The van der Waals surface area contributed by atoms with E-state index in [0.29, 0.717) is 12.8 Å². The number of fused-ring (bicyclic) bond motifs is 1. The molecule has 270 valence electrons. The fourth-order valence-corrected chi connectivity index (χ4v) is 8.83. The van der Waals surface area contributed by atoms with Crippen LogP contribution in [0, 0.1) is 35.0 Å². The topological polar surface area (TPSA) is 171 Å². The third-order valence-corrected chi connectivity index (χ3v) is 13.3. The van der Waals surface area contributed by atoms with Gasteiger partial charge < -0.3 is 26.2 Å². The molecule has 2 saturated carbocycles. The molecule has 13 heteroatoms. The number of Topliss-reactive ketones (excluding diaryl/α,β-unsaturated/α-hetero) is 1. The molecule has 0 bridgehead atoms. The zero-order valence-corrected chi connectivity index (χ0v) is 31.1. The number of nitrogens with zero attached hydrogens (tertiary/aromatic N) is 1. The second-order valence-corrected chi connectivity index (χ2v) is 19.3. The van der Waals surface area contributed by atoms with Crippen LogP contribution in [0.15, 0.2) is 0 Å². The van der Waals surface area contributed by atoms with Gasteiger partial charge in [-0.25, -0.2) is 13.2 Å². The molecule has 1 saturated heterocycles. The molecular formula is C35H57N5O7S. The molecular weight excluding hydrogens is 634 g/mol. The first-order valence-electron chi connectivity index (χ1n) is 17.2. The molecule has 1 aliphatic heterocycles. The number of ketones is 1. The highest BCUT2D eigenvalue weighted by atomic mass is 32.2. The normalized spacial score (nSPS) is 24.2. The van der Waals surface area contributed by atoms with Gasteiger partial charge in [0.25, 0.3) is 5.91 Å². The van der Waals surface area contributed by atoms with E-state index in [4.69, 9.17) is 6.42 Å². The number of carbonyl (C=O) groups excluding carboxylic acids is 5. The minimum absolute atomic E-state index is 0.0306. The van der Waals surface area contributed by atoms with E-state index in [2.05, 4.69) is 27.2 Å². The van der Waals surface area contributed by atoms with E-state index in [1.54, 1.807) is 27.7 Å². The molecule has 0 radical (unpaired) electrons. The van der Waals surface area contributed by atoms with Crippen molar-refractivity contribution in [3.63, 3.8) is 0 Å². The summed E-state index contributed by atoms with van der Waals surface area (Å²) in [6, 6.07) is -3.77. The minimum Gasteiger partial charge on any atom is -0.350 e. The Hall–Kier alpha value is -3.14. The van der Waals surface area contributed by atoms with Crippen LogP contribution in [0.25, 0.3) is 0 Å². The Labute approximate surface area is 287 Å². The summed E-state index contributed by atoms with van der Waals surface area (Å²) in [6.45, 7) is 16.7. The smallest absolute Gasteiger partial charge is 0.315 e. The molecule has 0 aromatic rings. The molecule has 12 nitrogen and oxygen atoms in total. The SMILES string of the molecule is C#CCCC(NC(=O)[C@@H]1C2[C@H](CN1C(=O)[C@@H](NC(=O)NC1(CS(=O)(=O)C(C)(C)C)CCCCC1)C(C)(C)C)C2(C)C)C(=O)C(=O)NCC. The van der Waals surface area contributed by atoms with Gasteiger partial charge in [-0.3, -0.25) is 19.2 Å². The lowest BCUT2D eigenvalue weighted by atomic mass is 9.83. The Balaban J connectivity index is 1.87. The summed E-state index contributed by atoms with van der Waals surface area (Å²) in [4.78, 5) is 68.9. The van der Waals surface area contributed by atoms with Gasteiger partial charge in [0.15, 0.2) is 9.84 Å². The van der Waals surface area contributed by atoms with Gasteiger partial charge in [-0.15, -0.1) is 12.3 Å². The fourth-order valence-electron chi connectivity index (χ4n) is 7.31. The van der Waals surface area contributed by atoms with Crippen LogP contribution >= 0.6 is 0 Å². The van der Waals surface area contributed by atoms with Crippen LogP contribution in [-0.4, -0.2) is 90.1 Å². The Kier molecular flexibility index (Phi) is 11.8. The van der Waals surface area contributed by atoms with Crippen molar-refractivity contribution in [1.82, 2.24) is 26.2 Å². The number of urea groups is 1. The van der Waals surface area contributed by atoms with E-state index in [-0.39, 0.29) is 48.9 Å². The first kappa shape index (κ1) is 39.3. The summed E-state index contributed by atoms with van der Waals surface area (Å²) in [5, 5.41) is 11.0. The van der Waals surface area contributed by atoms with Crippen molar-refractivity contribution in [2.24, 2.45) is 22.7 Å². The summed E-state index contributed by atoms with van der Waals surface area (Å²) in [6.07, 6.45) is 9.15. The minimum atomic E-state index is -3.57. The quantitative estimate of drug-likeness (QED) is 0.180. The third-order valence-electron chi connectivity index (χ3n) is 10.5. The summed E-state index contributed by atoms with van der Waals surface area (Å²) >= 11 is 0. The van der Waals surface area contributed by atoms with Crippen molar-refractivity contribution in [1.29, 1.82) is 0 Å². The monoisotopic (exact) mass is 691 g/mol. The molecule has 3 rings (SSSR count). The molecule has 2 aliphatic carbocycles. The van der Waals surface area contributed by atoms with Gasteiger partial charge in [-0.1, -0.05) is 53.9 Å². The number of rotatable bonds is 12. The summed E-state index contributed by atoms with van der Waals surface area (Å²) in [5.74, 6) is -0.533. The lowest BCUT2D eigenvalue weighted by Crippen LogP contribution is -2.64. The second-order valence-electron chi connectivity index (χ2n) is 16.5. The highest BCUT2D eigenvalue weighted by Crippen LogP contribution is 2.65. The van der Waals surface area contributed by atoms with Crippen molar-refractivity contribution in [2.75, 3.05) is 18.8 Å². The Morgan fingerprint density at radius 1 is 0.979 bits per heavy atom. The van der Waals surface area contributed by atoms with Crippen molar-refractivity contribution >= 4 is 39.4 Å². The van der Waals surface area contributed by atoms with Crippen molar-refractivity contribution < 1.29 is 32.4 Å². The largest absolute Gasteiger partial charge is 0.350 e. The van der Waals surface area contributed by atoms with Crippen LogP contribution in [0.4, 0.5) is 4.79 Å². The zero-order chi connectivity index (χ0) is 36.5. The highest BCUT2D eigenvalue weighted by Gasteiger charge is 2.70. The lowest BCUT2D eigenvalue weighted by Gasteiger charge is -2.41. The van der Waals surface area contributed by atoms with Crippen molar-refractivity contribution in [3.05, 3.63) is 0 Å². The zero-order valence-electron chi connectivity index (χ0n) is 30.2. The number of sulfone groups is 1. The number of likely N-dealkylation sites (N-methyl/N-ethyl adjacent to an activating group) is 1. The van der Waals surface area contributed by atoms with Crippen molar-refractivity contribution in [2.45, 2.75) is 136 Å². The van der Waals surface area contributed by atoms with E-state index in [1.165, 1.54) is 4.90 Å². The molecule has 3 fully saturated rings. The molecule has 0 aromatic heterocycles. The molecule has 0 spiro atoms. The summed E-state index contributed by atoms with van der Waals surface area (Å²) < 4.78 is 25.6. The fraction of sp³-hybridized carbons (Fsp3) is 0.800. The molecule has 1 heterocycles. The number of hydrogen-bond donors (Lipinski definition) is 4. The van der Waals surface area contributed by atoms with Gasteiger partial charge in [0.1, 0.15) is 12.1 Å². The maximum Gasteiger partial charge on any atom is 0.315 e. The number of terminal acetylenes is 1. The number of nitrogens with one attached hydrogen (secondary N) is 4. The number of piperidine rings is 1. The van der Waals surface area contributed by atoms with Gasteiger partial charge in [0.05, 0.1) is 22.1 Å². The van der Waals surface area contributed by atoms with Crippen LogP contribution in [-0.2, 0) is 29.0 Å². The van der Waals surface area contributed by atoms with Gasteiger partial charge in [0, 0.05) is 19.5 Å². The molecule has 5 atom stereocenters. The average Bonchev–Trinajstić information content (AvgIpc) is 3.27. The number of hydrogen-bond acceptors (Lipinski definition) is 7. The second kappa shape index (κ2) is 14.4. The van der Waals surface area contributed by atoms with E-state index in [1.807, 2.05) is 34.6 Å². The van der Waals surface area contributed by atoms with Crippen LogP contribution in [0.3, 0.4) is 0 Å². The number of carbonyl (C=O) groups is 5. The standard InChI is InChI=1S/C35H57N5O7S/c1-11-13-17-23(26(41)29(43)36-12-2)37-28(42)25-24-22(34(24,9)10)20-40(25)30(44)27(32(3,4)5)38-31(45)39-35(18-15-14-16-19-35)21-48(46,47)33(6,7)8/h1,22-25,27H,12-21H2,2-10H3,(H,36,43)(H,37,42)(H2,38,39,45)/t22-,23?,24?,25-,27+/m0/s1. The molecule has 0 aromatic carbocycles. The first-order chi connectivity index (χ1) is 22.0. The predicted molar refractivity (Wildman–Crippen MR) is 184 cm³/mol. The van der Waals surface area contributed by atoms with Crippen LogP contribution < -0.4 is 21.3 Å². The van der Waals surface area contributed by atoms with Crippen LogP contribution in [0.5, 0.6) is 0 Å². The maximum atomic E-state index is 14.4. The Morgan fingerprint density at radius 2 is 1.58 bits per heavy atom. The maximum absolute atomic E-state index is 14.4. The molecule has 2 unspecified atom stereocenters. The van der Waals surface area contributed by atoms with Crippen molar-refractivity contribution in [3.8, 4) is 12.3 Å². The van der Waals surface area contributed by atoms with E-state index < -0.39 is 73.2 Å². The molecule has 48 heavy (non-hydrogen) atoms. The third kappa shape index (κ3) is 8.52. The van der Waals surface area contributed by atoms with E-state index in [9.17, 15) is 32.4 Å². The number of amides is 5. The number of likely N-dealkylation sites (tertiary alicyclic amines) is 1. The van der Waals surface area contributed by atoms with Gasteiger partial charge >= 0.3 is 6.03 Å².